The van der Waals surface area contributed by atoms with Crippen molar-refractivity contribution < 1.29 is 4.79 Å². The quantitative estimate of drug-likeness (QED) is 0.506. The van der Waals surface area contributed by atoms with Crippen molar-refractivity contribution in [3.63, 3.8) is 0 Å². The molecule has 0 spiro atoms. The maximum Gasteiger partial charge on any atom is 0.209 e. The van der Waals surface area contributed by atoms with Crippen LogP contribution in [0.15, 0.2) is 0 Å². The van der Waals surface area contributed by atoms with Crippen molar-refractivity contribution in [2.75, 3.05) is 54.4 Å². The van der Waals surface area contributed by atoms with E-state index >= 15 is 0 Å². The Kier molecular flexibility index (Phi) is 6.54. The largest absolute Gasteiger partial charge is 0.343 e. The van der Waals surface area contributed by atoms with E-state index in [9.17, 15) is 4.79 Å². The van der Waals surface area contributed by atoms with Crippen LogP contribution in [0.25, 0.3) is 0 Å². The third-order valence-electron chi connectivity index (χ3n) is 1.82. The molecule has 4 heteroatoms. The fourth-order valence-electron chi connectivity index (χ4n) is 0.874. The molecule has 0 saturated heterocycles. The number of hydrogen-bond donors (Lipinski definition) is 0. The summed E-state index contributed by atoms with van der Waals surface area (Å²) in [4.78, 5) is 16.6. The fourth-order valence-corrected chi connectivity index (χ4v) is 0.874. The number of carbonyl (C=O) groups is 1. The molecule has 13 heavy (non-hydrogen) atoms. The van der Waals surface area contributed by atoms with Gasteiger partial charge in [0, 0.05) is 26.2 Å². The van der Waals surface area contributed by atoms with Gasteiger partial charge in [0.1, 0.15) is 0 Å². The Labute approximate surface area is 81.1 Å². The van der Waals surface area contributed by atoms with E-state index in [2.05, 4.69) is 9.80 Å². The highest BCUT2D eigenvalue weighted by Gasteiger charge is 2.01. The van der Waals surface area contributed by atoms with Gasteiger partial charge in [0.25, 0.3) is 0 Å². The van der Waals surface area contributed by atoms with Crippen molar-refractivity contribution >= 4 is 6.41 Å². The van der Waals surface area contributed by atoms with E-state index in [1.54, 1.807) is 4.90 Å². The first-order valence-electron chi connectivity index (χ1n) is 4.55. The molecule has 0 rings (SSSR count). The van der Waals surface area contributed by atoms with E-state index in [1.165, 1.54) is 0 Å². The normalized spacial score (nSPS) is 10.9. The maximum absolute atomic E-state index is 10.6. The molecule has 0 bridgehead atoms. The SMILES string of the molecule is CN(C)CCN(C=O)CCN(C)C. The smallest absolute Gasteiger partial charge is 0.209 e. The summed E-state index contributed by atoms with van der Waals surface area (Å²) in [6.45, 7) is 3.47. The molecule has 0 unspecified atom stereocenters. The Balaban J connectivity index is 3.57. The van der Waals surface area contributed by atoms with E-state index in [4.69, 9.17) is 0 Å². The van der Waals surface area contributed by atoms with Gasteiger partial charge in [-0.15, -0.1) is 0 Å². The second-order valence-corrected chi connectivity index (χ2v) is 3.75. The molecule has 0 N–H and O–H groups in total. The van der Waals surface area contributed by atoms with Crippen LogP contribution in [-0.4, -0.2) is 75.5 Å². The molecule has 0 atom stereocenters. The Morgan fingerprint density at radius 2 is 1.23 bits per heavy atom. The zero-order valence-electron chi connectivity index (χ0n) is 9.16. The van der Waals surface area contributed by atoms with Crippen LogP contribution in [0.1, 0.15) is 0 Å². The van der Waals surface area contributed by atoms with E-state index in [-0.39, 0.29) is 0 Å². The summed E-state index contributed by atoms with van der Waals surface area (Å²) < 4.78 is 0. The van der Waals surface area contributed by atoms with Gasteiger partial charge in [-0.2, -0.15) is 0 Å². The highest BCUT2D eigenvalue weighted by molar-refractivity contribution is 5.46. The summed E-state index contributed by atoms with van der Waals surface area (Å²) in [5.41, 5.74) is 0. The lowest BCUT2D eigenvalue weighted by atomic mass is 10.4. The third kappa shape index (κ3) is 7.74. The minimum Gasteiger partial charge on any atom is -0.343 e. The fraction of sp³-hybridized carbons (Fsp3) is 0.889. The van der Waals surface area contributed by atoms with E-state index in [0.717, 1.165) is 32.6 Å². The van der Waals surface area contributed by atoms with Gasteiger partial charge < -0.3 is 14.7 Å². The summed E-state index contributed by atoms with van der Waals surface area (Å²) in [5, 5.41) is 0. The highest BCUT2D eigenvalue weighted by Crippen LogP contribution is 1.85. The predicted octanol–water partition coefficient (Wildman–Crippen LogP) is -0.432. The molecule has 0 radical (unpaired) electrons. The Hall–Kier alpha value is -0.610. The molecule has 0 aliphatic carbocycles. The highest BCUT2D eigenvalue weighted by atomic mass is 16.1. The van der Waals surface area contributed by atoms with Gasteiger partial charge in [-0.3, -0.25) is 4.79 Å². The number of likely N-dealkylation sites (N-methyl/N-ethyl adjacent to an activating group) is 2. The average molecular weight is 187 g/mol. The molecule has 0 fully saturated rings. The van der Waals surface area contributed by atoms with Gasteiger partial charge in [-0.05, 0) is 28.2 Å². The predicted molar refractivity (Wildman–Crippen MR) is 54.7 cm³/mol. The Bertz CT molecular complexity index is 125. The van der Waals surface area contributed by atoms with Crippen LogP contribution in [-0.2, 0) is 4.79 Å². The average Bonchev–Trinajstić information content (AvgIpc) is 2.04. The van der Waals surface area contributed by atoms with Crippen molar-refractivity contribution in [1.29, 1.82) is 0 Å². The Morgan fingerprint density at radius 3 is 1.46 bits per heavy atom. The second-order valence-electron chi connectivity index (χ2n) is 3.75. The topological polar surface area (TPSA) is 26.8 Å². The van der Waals surface area contributed by atoms with Crippen LogP contribution in [0.4, 0.5) is 0 Å². The summed E-state index contributed by atoms with van der Waals surface area (Å²) in [6.07, 6.45) is 0.924. The minimum absolute atomic E-state index is 0.810. The molecular weight excluding hydrogens is 166 g/mol. The molecule has 1 amide bonds. The number of amides is 1. The minimum atomic E-state index is 0.810. The van der Waals surface area contributed by atoms with Gasteiger partial charge in [0.05, 0.1) is 0 Å². The summed E-state index contributed by atoms with van der Waals surface area (Å²) in [6, 6.07) is 0. The molecule has 0 aromatic rings. The number of nitrogens with zero attached hydrogens (tertiary/aromatic N) is 3. The summed E-state index contributed by atoms with van der Waals surface area (Å²) in [5.74, 6) is 0. The van der Waals surface area contributed by atoms with Gasteiger partial charge >= 0.3 is 0 Å². The zero-order valence-corrected chi connectivity index (χ0v) is 9.16. The first kappa shape index (κ1) is 12.4. The van der Waals surface area contributed by atoms with E-state index in [0.29, 0.717) is 0 Å². The zero-order chi connectivity index (χ0) is 10.3. The third-order valence-corrected chi connectivity index (χ3v) is 1.82. The maximum atomic E-state index is 10.6. The first-order valence-corrected chi connectivity index (χ1v) is 4.55. The summed E-state index contributed by atoms with van der Waals surface area (Å²) >= 11 is 0. The van der Waals surface area contributed by atoms with Crippen LogP contribution in [0, 0.1) is 0 Å². The lowest BCUT2D eigenvalue weighted by molar-refractivity contribution is -0.118. The first-order chi connectivity index (χ1) is 6.06. The lowest BCUT2D eigenvalue weighted by Crippen LogP contribution is -2.35. The molecule has 0 aliphatic rings. The van der Waals surface area contributed by atoms with E-state index in [1.807, 2.05) is 28.2 Å². The Morgan fingerprint density at radius 1 is 0.846 bits per heavy atom. The van der Waals surface area contributed by atoms with Crippen LogP contribution in [0.3, 0.4) is 0 Å². The van der Waals surface area contributed by atoms with Crippen molar-refractivity contribution in [3.05, 3.63) is 0 Å². The number of hydrogen-bond acceptors (Lipinski definition) is 3. The molecule has 0 aliphatic heterocycles. The molecule has 4 nitrogen and oxygen atoms in total. The van der Waals surface area contributed by atoms with Gasteiger partial charge in [-0.1, -0.05) is 0 Å². The standard InChI is InChI=1S/C9H21N3O/c1-10(2)5-7-12(9-13)8-6-11(3)4/h9H,5-8H2,1-4H3. The van der Waals surface area contributed by atoms with Gasteiger partial charge in [0.2, 0.25) is 6.41 Å². The lowest BCUT2D eigenvalue weighted by Gasteiger charge is -2.21. The summed E-state index contributed by atoms with van der Waals surface area (Å²) in [7, 11) is 8.04. The monoisotopic (exact) mass is 187 g/mol. The van der Waals surface area contributed by atoms with Crippen molar-refractivity contribution in [2.24, 2.45) is 0 Å². The van der Waals surface area contributed by atoms with Crippen LogP contribution in [0.2, 0.25) is 0 Å². The second kappa shape index (κ2) is 6.86. The van der Waals surface area contributed by atoms with Gasteiger partial charge in [-0.25, -0.2) is 0 Å². The molecule has 0 heterocycles. The number of carbonyl (C=O) groups excluding carboxylic acids is 1. The van der Waals surface area contributed by atoms with Crippen molar-refractivity contribution in [3.8, 4) is 0 Å². The molecule has 0 saturated carbocycles. The van der Waals surface area contributed by atoms with E-state index < -0.39 is 0 Å². The number of rotatable bonds is 7. The van der Waals surface area contributed by atoms with Gasteiger partial charge in [0.15, 0.2) is 0 Å². The van der Waals surface area contributed by atoms with Crippen LogP contribution >= 0.6 is 0 Å². The van der Waals surface area contributed by atoms with Crippen molar-refractivity contribution in [1.82, 2.24) is 14.7 Å². The molecule has 0 aromatic carbocycles. The molecule has 78 valence electrons. The van der Waals surface area contributed by atoms with Crippen LogP contribution < -0.4 is 0 Å². The van der Waals surface area contributed by atoms with Crippen molar-refractivity contribution in [2.45, 2.75) is 0 Å². The van der Waals surface area contributed by atoms with Crippen LogP contribution in [0.5, 0.6) is 0 Å². The molecular formula is C9H21N3O. The molecule has 0 aromatic heterocycles.